The zero-order valence-corrected chi connectivity index (χ0v) is 10.1. The maximum absolute atomic E-state index is 13.3. The molecule has 1 aromatic rings. The first kappa shape index (κ1) is 14.5. The van der Waals surface area contributed by atoms with Crippen LogP contribution in [-0.2, 0) is 14.6 Å². The lowest BCUT2D eigenvalue weighted by atomic mass is 10.3. The van der Waals surface area contributed by atoms with Crippen LogP contribution in [0.4, 0.5) is 8.78 Å². The first-order valence-corrected chi connectivity index (χ1v) is 6.66. The van der Waals surface area contributed by atoms with E-state index < -0.39 is 38.0 Å². The van der Waals surface area contributed by atoms with E-state index in [1.165, 1.54) is 0 Å². The van der Waals surface area contributed by atoms with Crippen LogP contribution in [0.15, 0.2) is 23.1 Å². The molecule has 0 bridgehead atoms. The number of carbonyl (C=O) groups is 1. The third-order valence-corrected chi connectivity index (χ3v) is 3.66. The van der Waals surface area contributed by atoms with Gasteiger partial charge in [0.05, 0.1) is 0 Å². The Morgan fingerprint density at radius 3 is 2.56 bits per heavy atom. The lowest BCUT2D eigenvalue weighted by Gasteiger charge is -2.06. The summed E-state index contributed by atoms with van der Waals surface area (Å²) >= 11 is 0. The Labute approximate surface area is 103 Å². The van der Waals surface area contributed by atoms with Crippen LogP contribution in [0.25, 0.3) is 0 Å². The van der Waals surface area contributed by atoms with Gasteiger partial charge in [-0.15, -0.1) is 0 Å². The molecule has 0 saturated heterocycles. The molecular weight excluding hydrogens is 266 g/mol. The SMILES string of the molecule is NCCNC(=O)CS(=O)(=O)c1ccc(F)cc1F. The van der Waals surface area contributed by atoms with E-state index in [1.54, 1.807) is 0 Å². The van der Waals surface area contributed by atoms with Crippen LogP contribution in [-0.4, -0.2) is 33.2 Å². The van der Waals surface area contributed by atoms with Crippen molar-refractivity contribution in [2.45, 2.75) is 4.90 Å². The molecule has 1 aromatic carbocycles. The molecule has 0 aromatic heterocycles. The third-order valence-electron chi connectivity index (χ3n) is 2.02. The molecule has 0 spiro atoms. The molecule has 0 fully saturated rings. The van der Waals surface area contributed by atoms with Crippen LogP contribution in [0.1, 0.15) is 0 Å². The number of sulfone groups is 1. The normalized spacial score (nSPS) is 11.3. The maximum atomic E-state index is 13.3. The molecule has 0 aliphatic rings. The highest BCUT2D eigenvalue weighted by Crippen LogP contribution is 2.16. The fourth-order valence-corrected chi connectivity index (χ4v) is 2.47. The molecule has 1 amide bonds. The van der Waals surface area contributed by atoms with Gasteiger partial charge in [0.1, 0.15) is 22.3 Å². The molecule has 0 unspecified atom stereocenters. The van der Waals surface area contributed by atoms with Crippen LogP contribution in [0.3, 0.4) is 0 Å². The summed E-state index contributed by atoms with van der Waals surface area (Å²) < 4.78 is 49.3. The average molecular weight is 278 g/mol. The lowest BCUT2D eigenvalue weighted by molar-refractivity contribution is -0.118. The van der Waals surface area contributed by atoms with Gasteiger partial charge in [0.2, 0.25) is 5.91 Å². The summed E-state index contributed by atoms with van der Waals surface area (Å²) in [6.45, 7) is 0.289. The Bertz CT molecular complexity index is 546. The number of amides is 1. The van der Waals surface area contributed by atoms with Crippen LogP contribution in [0.2, 0.25) is 0 Å². The lowest BCUT2D eigenvalue weighted by Crippen LogP contribution is -2.34. The molecule has 1 rings (SSSR count). The zero-order chi connectivity index (χ0) is 13.8. The predicted octanol–water partition coefficient (Wildman–Crippen LogP) is -0.187. The van der Waals surface area contributed by atoms with Gasteiger partial charge in [0, 0.05) is 19.2 Å². The van der Waals surface area contributed by atoms with Crippen molar-refractivity contribution in [1.29, 1.82) is 0 Å². The van der Waals surface area contributed by atoms with Gasteiger partial charge in [-0.05, 0) is 12.1 Å². The minimum absolute atomic E-state index is 0.125. The van der Waals surface area contributed by atoms with Gasteiger partial charge in [0.15, 0.2) is 9.84 Å². The Morgan fingerprint density at radius 2 is 2.00 bits per heavy atom. The first-order chi connectivity index (χ1) is 8.36. The summed E-state index contributed by atoms with van der Waals surface area (Å²) in [6, 6.07) is 2.05. The van der Waals surface area contributed by atoms with Crippen molar-refractivity contribution in [2.75, 3.05) is 18.8 Å². The van der Waals surface area contributed by atoms with Crippen molar-refractivity contribution in [3.05, 3.63) is 29.8 Å². The van der Waals surface area contributed by atoms with Crippen molar-refractivity contribution in [2.24, 2.45) is 5.73 Å². The zero-order valence-electron chi connectivity index (χ0n) is 9.32. The van der Waals surface area contributed by atoms with Gasteiger partial charge in [-0.3, -0.25) is 4.79 Å². The van der Waals surface area contributed by atoms with E-state index in [1.807, 2.05) is 0 Å². The van der Waals surface area contributed by atoms with Crippen molar-refractivity contribution < 1.29 is 22.0 Å². The average Bonchev–Trinajstić information content (AvgIpc) is 2.25. The number of nitrogens with two attached hydrogens (primary N) is 1. The molecule has 3 N–H and O–H groups in total. The topological polar surface area (TPSA) is 89.3 Å². The molecule has 0 aliphatic carbocycles. The molecule has 100 valence electrons. The molecule has 0 heterocycles. The van der Waals surface area contributed by atoms with E-state index in [9.17, 15) is 22.0 Å². The second-order valence-electron chi connectivity index (χ2n) is 3.47. The minimum Gasteiger partial charge on any atom is -0.354 e. The monoisotopic (exact) mass is 278 g/mol. The van der Waals surface area contributed by atoms with Crippen molar-refractivity contribution >= 4 is 15.7 Å². The van der Waals surface area contributed by atoms with E-state index in [2.05, 4.69) is 5.32 Å². The van der Waals surface area contributed by atoms with Gasteiger partial charge in [0.25, 0.3) is 0 Å². The van der Waals surface area contributed by atoms with Gasteiger partial charge in [-0.1, -0.05) is 0 Å². The first-order valence-electron chi connectivity index (χ1n) is 5.01. The molecule has 18 heavy (non-hydrogen) atoms. The van der Waals surface area contributed by atoms with Crippen LogP contribution < -0.4 is 11.1 Å². The minimum atomic E-state index is -4.13. The number of hydrogen-bond donors (Lipinski definition) is 2. The summed E-state index contributed by atoms with van der Waals surface area (Å²) in [5.74, 6) is -3.81. The van der Waals surface area contributed by atoms with E-state index >= 15 is 0 Å². The van der Waals surface area contributed by atoms with Gasteiger partial charge in [-0.25, -0.2) is 17.2 Å². The summed E-state index contributed by atoms with van der Waals surface area (Å²) in [5, 5.41) is 2.25. The number of benzene rings is 1. The molecule has 8 heteroatoms. The molecule has 0 aliphatic heterocycles. The van der Waals surface area contributed by atoms with E-state index in [4.69, 9.17) is 5.73 Å². The summed E-state index contributed by atoms with van der Waals surface area (Å²) in [7, 11) is -4.13. The van der Waals surface area contributed by atoms with Gasteiger partial charge in [-0.2, -0.15) is 0 Å². The molecule has 0 atom stereocenters. The maximum Gasteiger partial charge on any atom is 0.235 e. The van der Waals surface area contributed by atoms with E-state index in [0.717, 1.165) is 12.1 Å². The number of nitrogens with one attached hydrogen (secondary N) is 1. The number of rotatable bonds is 5. The largest absolute Gasteiger partial charge is 0.354 e. The fraction of sp³-hybridized carbons (Fsp3) is 0.300. The third kappa shape index (κ3) is 3.74. The quantitative estimate of drug-likeness (QED) is 0.731. The number of halogens is 2. The van der Waals surface area contributed by atoms with Crippen LogP contribution >= 0.6 is 0 Å². The summed E-state index contributed by atoms with van der Waals surface area (Å²) in [6.07, 6.45) is 0. The summed E-state index contributed by atoms with van der Waals surface area (Å²) in [4.78, 5) is 10.5. The van der Waals surface area contributed by atoms with Crippen molar-refractivity contribution in [3.8, 4) is 0 Å². The highest BCUT2D eigenvalue weighted by Gasteiger charge is 2.23. The van der Waals surface area contributed by atoms with Crippen LogP contribution in [0, 0.1) is 11.6 Å². The van der Waals surface area contributed by atoms with E-state index in [-0.39, 0.29) is 13.1 Å². The Morgan fingerprint density at radius 1 is 1.33 bits per heavy atom. The molecule has 0 radical (unpaired) electrons. The summed E-state index contributed by atoms with van der Waals surface area (Å²) in [5.41, 5.74) is 5.13. The van der Waals surface area contributed by atoms with Crippen molar-refractivity contribution in [3.63, 3.8) is 0 Å². The second-order valence-corrected chi connectivity index (χ2v) is 5.43. The molecular formula is C10H12F2N2O3S. The van der Waals surface area contributed by atoms with E-state index in [0.29, 0.717) is 6.07 Å². The fourth-order valence-electron chi connectivity index (χ4n) is 1.24. The highest BCUT2D eigenvalue weighted by atomic mass is 32.2. The van der Waals surface area contributed by atoms with Gasteiger partial charge >= 0.3 is 0 Å². The molecule has 5 nitrogen and oxygen atoms in total. The van der Waals surface area contributed by atoms with Crippen LogP contribution in [0.5, 0.6) is 0 Å². The smallest absolute Gasteiger partial charge is 0.235 e. The Hall–Kier alpha value is -1.54. The second kappa shape index (κ2) is 5.87. The Balaban J connectivity index is 2.90. The van der Waals surface area contributed by atoms with Gasteiger partial charge < -0.3 is 11.1 Å². The Kier molecular flexibility index (Phi) is 4.74. The number of hydrogen-bond acceptors (Lipinski definition) is 4. The van der Waals surface area contributed by atoms with Crippen molar-refractivity contribution in [1.82, 2.24) is 5.32 Å². The number of carbonyl (C=O) groups excluding carboxylic acids is 1. The highest BCUT2D eigenvalue weighted by molar-refractivity contribution is 7.92. The standard InChI is InChI=1S/C10H12F2N2O3S/c11-7-1-2-9(8(12)5-7)18(16,17)6-10(15)14-4-3-13/h1-2,5H,3-4,6,13H2,(H,14,15). The molecule has 0 saturated carbocycles. The predicted molar refractivity (Wildman–Crippen MR) is 60.5 cm³/mol.